The van der Waals surface area contributed by atoms with Crippen molar-refractivity contribution in [1.29, 1.82) is 0 Å². The first-order valence-corrected chi connectivity index (χ1v) is 9.62. The molecule has 0 aliphatic heterocycles. The Hall–Kier alpha value is -0.510. The van der Waals surface area contributed by atoms with Crippen molar-refractivity contribution in [3.63, 3.8) is 0 Å². The summed E-state index contributed by atoms with van der Waals surface area (Å²) in [7, 11) is 0. The first kappa shape index (κ1) is 19.3. The summed E-state index contributed by atoms with van der Waals surface area (Å²) in [6.07, 6.45) is 1.47. The Labute approximate surface area is 153 Å². The molecule has 4 rings (SSSR count). The molecule has 144 valence electrons. The molecule has 0 spiro atoms. The molecule has 4 bridgehead atoms. The summed E-state index contributed by atoms with van der Waals surface area (Å²) >= 11 is 5.37. The van der Waals surface area contributed by atoms with Gasteiger partial charge in [0.15, 0.2) is 5.11 Å². The monoisotopic (exact) mass is 374 g/mol. The molecule has 7 nitrogen and oxygen atoms in total. The molecule has 0 heterocycles. The summed E-state index contributed by atoms with van der Waals surface area (Å²) in [5.74, 6) is 2.39. The zero-order chi connectivity index (χ0) is 18.2. The smallest absolute Gasteiger partial charge is 0.166 e. The Morgan fingerprint density at radius 3 is 1.88 bits per heavy atom. The minimum absolute atomic E-state index is 0.0470. The molecule has 7 N–H and O–H groups in total. The Morgan fingerprint density at radius 1 is 0.920 bits per heavy atom. The van der Waals surface area contributed by atoms with Gasteiger partial charge in [-0.05, 0) is 68.5 Å². The van der Waals surface area contributed by atoms with Crippen LogP contribution in [0.5, 0.6) is 0 Å². The highest BCUT2D eigenvalue weighted by atomic mass is 32.1. The van der Waals surface area contributed by atoms with Gasteiger partial charge in [-0.15, -0.1) is 0 Å². The van der Waals surface area contributed by atoms with Gasteiger partial charge in [-0.3, -0.25) is 0 Å². The van der Waals surface area contributed by atoms with E-state index in [9.17, 15) is 20.4 Å². The van der Waals surface area contributed by atoms with E-state index in [1.54, 1.807) is 0 Å². The summed E-state index contributed by atoms with van der Waals surface area (Å²) in [6.45, 7) is -0.737. The highest BCUT2D eigenvalue weighted by Gasteiger charge is 2.51. The third-order valence-corrected chi connectivity index (χ3v) is 6.46. The lowest BCUT2D eigenvalue weighted by molar-refractivity contribution is -0.113. The second kappa shape index (κ2) is 7.62. The van der Waals surface area contributed by atoms with Gasteiger partial charge in [0, 0.05) is 12.1 Å². The number of hydrogen-bond acceptors (Lipinski definition) is 6. The van der Waals surface area contributed by atoms with E-state index in [1.807, 2.05) is 0 Å². The predicted octanol–water partition coefficient (Wildman–Crippen LogP) is -1.14. The van der Waals surface area contributed by atoms with Gasteiger partial charge in [0.05, 0.1) is 12.7 Å². The van der Waals surface area contributed by atoms with Crippen molar-refractivity contribution in [2.75, 3.05) is 13.2 Å². The standard InChI is InChI=1S/C17H30N2O5S/c20-8-13(22)15(24)14(23)12(21)7-18-16(25)19-17-4-9-1-10(5-17)3-11(2-9)6-17/h9-15,20-24H,1-8H2,(H2,18,19,25). The van der Waals surface area contributed by atoms with Crippen LogP contribution in [0.15, 0.2) is 0 Å². The molecule has 0 aromatic carbocycles. The molecule has 4 aliphatic rings. The van der Waals surface area contributed by atoms with Crippen molar-refractivity contribution in [2.45, 2.75) is 68.5 Å². The first-order valence-electron chi connectivity index (χ1n) is 9.21. The number of thiocarbonyl (C=S) groups is 1. The van der Waals surface area contributed by atoms with Crippen molar-refractivity contribution in [3.8, 4) is 0 Å². The molecule has 4 saturated carbocycles. The normalized spacial score (nSPS) is 38.0. The number of aliphatic hydroxyl groups excluding tert-OH is 5. The van der Waals surface area contributed by atoms with Gasteiger partial charge in [0.25, 0.3) is 0 Å². The quantitative estimate of drug-likeness (QED) is 0.279. The molecule has 0 saturated heterocycles. The predicted molar refractivity (Wildman–Crippen MR) is 95.8 cm³/mol. The van der Waals surface area contributed by atoms with Crippen LogP contribution in [-0.2, 0) is 0 Å². The third kappa shape index (κ3) is 4.26. The van der Waals surface area contributed by atoms with Gasteiger partial charge in [-0.2, -0.15) is 0 Å². The second-order valence-electron chi connectivity index (χ2n) is 8.33. The summed E-state index contributed by atoms with van der Waals surface area (Å²) in [5.41, 5.74) is 0.0645. The van der Waals surface area contributed by atoms with Gasteiger partial charge in [-0.1, -0.05) is 0 Å². The number of rotatable bonds is 7. The van der Waals surface area contributed by atoms with Crippen molar-refractivity contribution in [1.82, 2.24) is 10.6 Å². The maximum absolute atomic E-state index is 9.96. The largest absolute Gasteiger partial charge is 0.394 e. The molecule has 25 heavy (non-hydrogen) atoms. The van der Waals surface area contributed by atoms with Gasteiger partial charge < -0.3 is 36.2 Å². The van der Waals surface area contributed by atoms with Crippen molar-refractivity contribution >= 4 is 17.3 Å². The van der Waals surface area contributed by atoms with Gasteiger partial charge in [0.1, 0.15) is 18.3 Å². The minimum Gasteiger partial charge on any atom is -0.394 e. The van der Waals surface area contributed by atoms with Crippen LogP contribution < -0.4 is 10.6 Å². The molecule has 0 amide bonds. The van der Waals surface area contributed by atoms with E-state index in [0.717, 1.165) is 37.0 Å². The summed E-state index contributed by atoms with van der Waals surface area (Å²) < 4.78 is 0. The zero-order valence-corrected chi connectivity index (χ0v) is 15.2. The van der Waals surface area contributed by atoms with E-state index in [2.05, 4.69) is 10.6 Å². The van der Waals surface area contributed by atoms with E-state index >= 15 is 0 Å². The average molecular weight is 375 g/mol. The average Bonchev–Trinajstić information content (AvgIpc) is 2.55. The van der Waals surface area contributed by atoms with Crippen LogP contribution in [0.25, 0.3) is 0 Å². The number of aliphatic hydroxyl groups is 5. The van der Waals surface area contributed by atoms with Gasteiger partial charge >= 0.3 is 0 Å². The number of nitrogens with one attached hydrogen (secondary N) is 2. The van der Waals surface area contributed by atoms with Crippen molar-refractivity contribution in [3.05, 3.63) is 0 Å². The molecule has 0 aromatic heterocycles. The van der Waals surface area contributed by atoms with Gasteiger partial charge in [-0.25, -0.2) is 0 Å². The van der Waals surface area contributed by atoms with E-state index < -0.39 is 31.0 Å². The van der Waals surface area contributed by atoms with Crippen LogP contribution in [0.3, 0.4) is 0 Å². The minimum atomic E-state index is -1.62. The fourth-order valence-corrected chi connectivity index (χ4v) is 5.73. The van der Waals surface area contributed by atoms with E-state index in [4.69, 9.17) is 17.3 Å². The van der Waals surface area contributed by atoms with E-state index in [-0.39, 0.29) is 12.1 Å². The fraction of sp³-hybridized carbons (Fsp3) is 0.941. The maximum atomic E-state index is 9.96. The Bertz CT molecular complexity index is 456. The van der Waals surface area contributed by atoms with Crippen LogP contribution in [0, 0.1) is 17.8 Å². The molecular weight excluding hydrogens is 344 g/mol. The summed E-state index contributed by atoms with van der Waals surface area (Å²) in [6, 6.07) is 0. The van der Waals surface area contributed by atoms with Gasteiger partial charge in [0.2, 0.25) is 0 Å². The van der Waals surface area contributed by atoms with Crippen LogP contribution in [0.2, 0.25) is 0 Å². The lowest BCUT2D eigenvalue weighted by atomic mass is 9.53. The molecule has 4 fully saturated rings. The van der Waals surface area contributed by atoms with Crippen molar-refractivity contribution in [2.24, 2.45) is 17.8 Å². The topological polar surface area (TPSA) is 125 Å². The molecule has 0 radical (unpaired) electrons. The summed E-state index contributed by atoms with van der Waals surface area (Å²) in [5, 5.41) is 54.4. The molecule has 0 aromatic rings. The Balaban J connectivity index is 1.47. The van der Waals surface area contributed by atoms with Crippen LogP contribution >= 0.6 is 12.2 Å². The molecule has 4 unspecified atom stereocenters. The fourth-order valence-electron chi connectivity index (χ4n) is 5.43. The lowest BCUT2D eigenvalue weighted by Crippen LogP contribution is -2.62. The van der Waals surface area contributed by atoms with Crippen LogP contribution in [0.1, 0.15) is 38.5 Å². The molecule has 8 heteroatoms. The van der Waals surface area contributed by atoms with E-state index in [1.165, 1.54) is 19.3 Å². The Kier molecular flexibility index (Phi) is 5.87. The highest BCUT2D eigenvalue weighted by molar-refractivity contribution is 7.80. The van der Waals surface area contributed by atoms with E-state index in [0.29, 0.717) is 5.11 Å². The van der Waals surface area contributed by atoms with Crippen molar-refractivity contribution < 1.29 is 25.5 Å². The molecule has 4 atom stereocenters. The first-order chi connectivity index (χ1) is 11.8. The second-order valence-corrected chi connectivity index (χ2v) is 8.74. The number of hydrogen-bond donors (Lipinski definition) is 7. The molecular formula is C17H30N2O5S. The van der Waals surface area contributed by atoms with Crippen LogP contribution in [-0.4, -0.2) is 73.8 Å². The Morgan fingerprint density at radius 2 is 1.40 bits per heavy atom. The maximum Gasteiger partial charge on any atom is 0.166 e. The SMILES string of the molecule is OCC(O)C(O)C(O)C(O)CNC(=S)NC12CC3CC(CC(C3)C1)C2. The zero-order valence-electron chi connectivity index (χ0n) is 14.3. The lowest BCUT2D eigenvalue weighted by Gasteiger charge is -2.57. The van der Waals surface area contributed by atoms with Crippen LogP contribution in [0.4, 0.5) is 0 Å². The third-order valence-electron chi connectivity index (χ3n) is 6.21. The highest BCUT2D eigenvalue weighted by Crippen LogP contribution is 2.55. The summed E-state index contributed by atoms with van der Waals surface area (Å²) in [4.78, 5) is 0. The molecule has 4 aliphatic carbocycles.